The Bertz CT molecular complexity index is 478. The van der Waals surface area contributed by atoms with Crippen LogP contribution in [0.2, 0.25) is 0 Å². The lowest BCUT2D eigenvalue weighted by molar-refractivity contribution is 0.574. The first-order valence-electron chi connectivity index (χ1n) is 6.35. The zero-order valence-corrected chi connectivity index (χ0v) is 12.2. The van der Waals surface area contributed by atoms with Crippen molar-refractivity contribution in [2.24, 2.45) is 5.92 Å². The number of rotatable bonds is 8. The predicted molar refractivity (Wildman–Crippen MR) is 74.2 cm³/mol. The fourth-order valence-electron chi connectivity index (χ4n) is 1.85. The van der Waals surface area contributed by atoms with Gasteiger partial charge < -0.3 is 5.32 Å². The highest BCUT2D eigenvalue weighted by molar-refractivity contribution is 7.91. The van der Waals surface area contributed by atoms with Crippen LogP contribution in [0.3, 0.4) is 0 Å². The molecule has 0 amide bonds. The highest BCUT2D eigenvalue weighted by Crippen LogP contribution is 2.33. The SMILES string of the molecule is CNCc1ccc(S(=O)(=O)NCCCC2CC2)s1. The lowest BCUT2D eigenvalue weighted by Gasteiger charge is -2.04. The summed E-state index contributed by atoms with van der Waals surface area (Å²) in [6.45, 7) is 1.26. The van der Waals surface area contributed by atoms with Gasteiger partial charge in [0, 0.05) is 18.0 Å². The molecule has 2 N–H and O–H groups in total. The summed E-state index contributed by atoms with van der Waals surface area (Å²) in [6.07, 6.45) is 4.74. The molecule has 0 spiro atoms. The Hall–Kier alpha value is -0.430. The third-order valence-electron chi connectivity index (χ3n) is 3.03. The highest BCUT2D eigenvalue weighted by atomic mass is 32.2. The van der Waals surface area contributed by atoms with E-state index >= 15 is 0 Å². The van der Waals surface area contributed by atoms with Gasteiger partial charge in [0.05, 0.1) is 0 Å². The van der Waals surface area contributed by atoms with Crippen LogP contribution in [0, 0.1) is 5.92 Å². The van der Waals surface area contributed by atoms with E-state index in [0.29, 0.717) is 17.3 Å². The molecular weight excluding hydrogens is 268 g/mol. The molecule has 18 heavy (non-hydrogen) atoms. The molecule has 0 saturated heterocycles. The second kappa shape index (κ2) is 6.14. The molecule has 0 unspecified atom stereocenters. The van der Waals surface area contributed by atoms with Crippen molar-refractivity contribution in [2.45, 2.75) is 36.4 Å². The van der Waals surface area contributed by atoms with Gasteiger partial charge in [0.15, 0.2) is 0 Å². The monoisotopic (exact) mass is 288 g/mol. The molecule has 1 aliphatic rings. The molecule has 1 saturated carbocycles. The first-order valence-corrected chi connectivity index (χ1v) is 8.65. The van der Waals surface area contributed by atoms with Crippen LogP contribution in [0.5, 0.6) is 0 Å². The van der Waals surface area contributed by atoms with Crippen molar-refractivity contribution in [3.05, 3.63) is 17.0 Å². The van der Waals surface area contributed by atoms with Crippen LogP contribution < -0.4 is 10.0 Å². The van der Waals surface area contributed by atoms with E-state index in [2.05, 4.69) is 10.0 Å². The van der Waals surface area contributed by atoms with Crippen LogP contribution in [0.1, 0.15) is 30.6 Å². The first-order chi connectivity index (χ1) is 8.62. The van der Waals surface area contributed by atoms with E-state index in [1.165, 1.54) is 24.2 Å². The van der Waals surface area contributed by atoms with Gasteiger partial charge in [0.1, 0.15) is 4.21 Å². The summed E-state index contributed by atoms with van der Waals surface area (Å²) in [7, 11) is -1.44. The maximum Gasteiger partial charge on any atom is 0.250 e. The minimum atomic E-state index is -3.29. The van der Waals surface area contributed by atoms with E-state index in [-0.39, 0.29) is 0 Å². The fraction of sp³-hybridized carbons (Fsp3) is 0.667. The predicted octanol–water partition coefficient (Wildman–Crippen LogP) is 1.94. The van der Waals surface area contributed by atoms with E-state index in [1.54, 1.807) is 6.07 Å². The van der Waals surface area contributed by atoms with Crippen molar-refractivity contribution in [1.82, 2.24) is 10.0 Å². The minimum absolute atomic E-state index is 0.416. The molecule has 1 aromatic heterocycles. The largest absolute Gasteiger partial charge is 0.315 e. The van der Waals surface area contributed by atoms with Gasteiger partial charge in [-0.15, -0.1) is 11.3 Å². The minimum Gasteiger partial charge on any atom is -0.315 e. The Morgan fingerprint density at radius 2 is 2.17 bits per heavy atom. The van der Waals surface area contributed by atoms with E-state index < -0.39 is 10.0 Å². The van der Waals surface area contributed by atoms with Gasteiger partial charge >= 0.3 is 0 Å². The van der Waals surface area contributed by atoms with Crippen LogP contribution >= 0.6 is 11.3 Å². The standard InChI is InChI=1S/C12H20N2O2S2/c1-13-9-11-6-7-12(17-11)18(15,16)14-8-2-3-10-4-5-10/h6-7,10,13-14H,2-5,8-9H2,1H3. The molecular formula is C12H20N2O2S2. The molecule has 0 aliphatic heterocycles. The second-order valence-corrected chi connectivity index (χ2v) is 7.90. The lowest BCUT2D eigenvalue weighted by atomic mass is 10.2. The van der Waals surface area contributed by atoms with Gasteiger partial charge in [-0.1, -0.05) is 12.8 Å². The molecule has 102 valence electrons. The van der Waals surface area contributed by atoms with Crippen molar-refractivity contribution in [3.8, 4) is 0 Å². The van der Waals surface area contributed by atoms with Gasteiger partial charge in [-0.3, -0.25) is 0 Å². The summed E-state index contributed by atoms with van der Waals surface area (Å²) in [5, 5.41) is 3.02. The maximum atomic E-state index is 12.0. The Balaban J connectivity index is 1.83. The van der Waals surface area contributed by atoms with Crippen molar-refractivity contribution in [2.75, 3.05) is 13.6 Å². The molecule has 1 heterocycles. The Morgan fingerprint density at radius 1 is 1.39 bits per heavy atom. The Labute approximate surface area is 113 Å². The van der Waals surface area contributed by atoms with Gasteiger partial charge in [-0.05, 0) is 37.9 Å². The topological polar surface area (TPSA) is 58.2 Å². The molecule has 0 atom stereocenters. The van der Waals surface area contributed by atoms with Crippen molar-refractivity contribution in [3.63, 3.8) is 0 Å². The van der Waals surface area contributed by atoms with Crippen LogP contribution in [0.25, 0.3) is 0 Å². The van der Waals surface area contributed by atoms with Crippen LogP contribution in [-0.4, -0.2) is 22.0 Å². The second-order valence-electron chi connectivity index (χ2n) is 4.73. The number of nitrogens with one attached hydrogen (secondary N) is 2. The number of hydrogen-bond donors (Lipinski definition) is 2. The van der Waals surface area contributed by atoms with Gasteiger partial charge in [-0.2, -0.15) is 0 Å². The summed E-state index contributed by atoms with van der Waals surface area (Å²) in [6, 6.07) is 3.54. The number of sulfonamides is 1. The van der Waals surface area contributed by atoms with Crippen LogP contribution in [0.15, 0.2) is 16.3 Å². The average Bonchev–Trinajstić information content (AvgIpc) is 3.03. The fourth-order valence-corrected chi connectivity index (χ4v) is 4.33. The van der Waals surface area contributed by atoms with Crippen LogP contribution in [-0.2, 0) is 16.6 Å². The van der Waals surface area contributed by atoms with Crippen LogP contribution in [0.4, 0.5) is 0 Å². The number of thiophene rings is 1. The Kier molecular flexibility index (Phi) is 4.77. The zero-order valence-electron chi connectivity index (χ0n) is 10.6. The van der Waals surface area contributed by atoms with Gasteiger partial charge in [0.25, 0.3) is 0 Å². The summed E-state index contributed by atoms with van der Waals surface area (Å²) in [5.74, 6) is 0.860. The van der Waals surface area contributed by atoms with Gasteiger partial charge in [-0.25, -0.2) is 13.1 Å². The summed E-state index contributed by atoms with van der Waals surface area (Å²) < 4.78 is 27.1. The number of hydrogen-bond acceptors (Lipinski definition) is 4. The van der Waals surface area contributed by atoms with Gasteiger partial charge in [0.2, 0.25) is 10.0 Å². The molecule has 1 aromatic rings. The third kappa shape index (κ3) is 4.05. The summed E-state index contributed by atoms with van der Waals surface area (Å²) in [4.78, 5) is 1.04. The third-order valence-corrected chi connectivity index (χ3v) is 6.07. The average molecular weight is 288 g/mol. The maximum absolute atomic E-state index is 12.0. The lowest BCUT2D eigenvalue weighted by Crippen LogP contribution is -2.24. The van der Waals surface area contributed by atoms with E-state index in [9.17, 15) is 8.42 Å². The summed E-state index contributed by atoms with van der Waals surface area (Å²) >= 11 is 1.33. The smallest absolute Gasteiger partial charge is 0.250 e. The van der Waals surface area contributed by atoms with E-state index in [1.807, 2.05) is 13.1 Å². The van der Waals surface area contributed by atoms with Crippen molar-refractivity contribution in [1.29, 1.82) is 0 Å². The molecule has 2 rings (SSSR count). The first kappa shape index (κ1) is 14.0. The Morgan fingerprint density at radius 3 is 2.83 bits per heavy atom. The quantitative estimate of drug-likeness (QED) is 0.719. The molecule has 6 heteroatoms. The zero-order chi connectivity index (χ0) is 13.0. The molecule has 1 aliphatic carbocycles. The van der Waals surface area contributed by atoms with Crippen molar-refractivity contribution < 1.29 is 8.42 Å². The molecule has 0 radical (unpaired) electrons. The molecule has 0 aromatic carbocycles. The summed E-state index contributed by atoms with van der Waals surface area (Å²) in [5.41, 5.74) is 0. The normalized spacial score (nSPS) is 16.1. The molecule has 0 bridgehead atoms. The molecule has 1 fully saturated rings. The van der Waals surface area contributed by atoms with E-state index in [4.69, 9.17) is 0 Å². The van der Waals surface area contributed by atoms with Crippen molar-refractivity contribution >= 4 is 21.4 Å². The highest BCUT2D eigenvalue weighted by Gasteiger charge is 2.21. The van der Waals surface area contributed by atoms with E-state index in [0.717, 1.165) is 23.6 Å². The molecule has 4 nitrogen and oxygen atoms in total.